The van der Waals surface area contributed by atoms with Crippen LogP contribution >= 0.6 is 11.6 Å². The van der Waals surface area contributed by atoms with E-state index in [1.807, 2.05) is 10.9 Å². The van der Waals surface area contributed by atoms with Crippen molar-refractivity contribution in [2.45, 2.75) is 25.3 Å². The maximum Gasteiger partial charge on any atom is 0.199 e. The molecule has 8 heteroatoms. The minimum atomic E-state index is -0.693. The molecule has 2 N–H and O–H groups in total. The van der Waals surface area contributed by atoms with Crippen LogP contribution in [0.4, 0.5) is 4.39 Å². The van der Waals surface area contributed by atoms with Crippen molar-refractivity contribution in [2.75, 3.05) is 13.1 Å². The predicted octanol–water partition coefficient (Wildman–Crippen LogP) is 3.58. The molecule has 0 radical (unpaired) electrons. The molecule has 3 heterocycles. The highest BCUT2D eigenvalue weighted by atomic mass is 35.5. The minimum Gasteiger partial charge on any atom is -0.358 e. The molecule has 0 amide bonds. The molecule has 4 rings (SSSR count). The van der Waals surface area contributed by atoms with Crippen LogP contribution in [0.3, 0.4) is 0 Å². The lowest BCUT2D eigenvalue weighted by atomic mass is 10.0. The van der Waals surface area contributed by atoms with E-state index >= 15 is 0 Å². The maximum absolute atomic E-state index is 14.0. The van der Waals surface area contributed by atoms with Crippen molar-refractivity contribution in [1.82, 2.24) is 20.1 Å². The fourth-order valence-corrected chi connectivity index (χ4v) is 3.81. The molecule has 1 fully saturated rings. The van der Waals surface area contributed by atoms with Crippen LogP contribution in [0, 0.1) is 5.82 Å². The van der Waals surface area contributed by atoms with Gasteiger partial charge in [0.1, 0.15) is 5.82 Å². The molecule has 0 atom stereocenters. The second-order valence-electron chi connectivity index (χ2n) is 7.14. The summed E-state index contributed by atoms with van der Waals surface area (Å²) in [6.45, 7) is 1.92. The van der Waals surface area contributed by atoms with Crippen molar-refractivity contribution in [3.63, 3.8) is 0 Å². The number of H-pyrrole nitrogens is 1. The fourth-order valence-electron chi connectivity index (χ4n) is 3.57. The number of halogens is 2. The van der Waals surface area contributed by atoms with Crippen molar-refractivity contribution in [1.29, 1.82) is 0 Å². The summed E-state index contributed by atoms with van der Waals surface area (Å²) < 4.78 is 15.9. The van der Waals surface area contributed by atoms with Gasteiger partial charge in [0.2, 0.25) is 0 Å². The highest BCUT2D eigenvalue weighted by molar-refractivity contribution is 6.35. The van der Waals surface area contributed by atoms with Gasteiger partial charge in [0.05, 0.1) is 28.5 Å². The van der Waals surface area contributed by atoms with Gasteiger partial charge >= 0.3 is 0 Å². The summed E-state index contributed by atoms with van der Waals surface area (Å²) in [5.74, 6) is -1.43. The highest BCUT2D eigenvalue weighted by Crippen LogP contribution is 2.23. The van der Waals surface area contributed by atoms with Crippen LogP contribution in [0.15, 0.2) is 42.9 Å². The first-order valence-corrected chi connectivity index (χ1v) is 9.85. The van der Waals surface area contributed by atoms with E-state index in [1.165, 1.54) is 30.5 Å². The molecule has 3 aromatic rings. The SMILES string of the molecule is O=C(Cc1cnn(C2CCNCC2)c1)c1cc(C(=O)c2c(F)cccc2Cl)c[nH]1. The Morgan fingerprint density at radius 2 is 2.07 bits per heavy atom. The second kappa shape index (κ2) is 8.31. The zero-order valence-corrected chi connectivity index (χ0v) is 16.4. The molecule has 1 aliphatic heterocycles. The Kier molecular flexibility index (Phi) is 5.60. The first-order valence-electron chi connectivity index (χ1n) is 9.47. The number of Topliss-reactive ketones (excluding diaryl/α,β-unsaturated/α-hetero) is 1. The maximum atomic E-state index is 14.0. The van der Waals surface area contributed by atoms with Gasteiger partial charge in [-0.3, -0.25) is 14.3 Å². The topological polar surface area (TPSA) is 79.8 Å². The zero-order valence-electron chi connectivity index (χ0n) is 15.6. The molecule has 1 saturated heterocycles. The first-order chi connectivity index (χ1) is 14.0. The summed E-state index contributed by atoms with van der Waals surface area (Å²) in [7, 11) is 0. The number of hydrogen-bond acceptors (Lipinski definition) is 4. The molecule has 0 bridgehead atoms. The number of rotatable bonds is 6. The molecule has 1 aromatic carbocycles. The predicted molar refractivity (Wildman–Crippen MR) is 107 cm³/mol. The summed E-state index contributed by atoms with van der Waals surface area (Å²) in [6.07, 6.45) is 7.19. The Morgan fingerprint density at radius 3 is 2.83 bits per heavy atom. The van der Waals surface area contributed by atoms with E-state index in [4.69, 9.17) is 11.6 Å². The smallest absolute Gasteiger partial charge is 0.199 e. The summed E-state index contributed by atoms with van der Waals surface area (Å²) >= 11 is 5.97. The van der Waals surface area contributed by atoms with E-state index < -0.39 is 11.6 Å². The number of hydrogen-bond donors (Lipinski definition) is 2. The van der Waals surface area contributed by atoms with Gasteiger partial charge in [-0.1, -0.05) is 17.7 Å². The van der Waals surface area contributed by atoms with Gasteiger partial charge in [0.15, 0.2) is 11.6 Å². The number of benzene rings is 1. The van der Waals surface area contributed by atoms with Crippen molar-refractivity contribution in [2.24, 2.45) is 0 Å². The summed E-state index contributed by atoms with van der Waals surface area (Å²) in [5.41, 5.74) is 1.09. The largest absolute Gasteiger partial charge is 0.358 e. The fraction of sp³-hybridized carbons (Fsp3) is 0.286. The van der Waals surface area contributed by atoms with Crippen molar-refractivity contribution < 1.29 is 14.0 Å². The van der Waals surface area contributed by atoms with E-state index in [0.717, 1.165) is 31.5 Å². The minimum absolute atomic E-state index is 0.0365. The number of carbonyl (C=O) groups excluding carboxylic acids is 2. The molecule has 2 aromatic heterocycles. The van der Waals surface area contributed by atoms with Gasteiger partial charge in [-0.25, -0.2) is 4.39 Å². The van der Waals surface area contributed by atoms with Crippen LogP contribution in [-0.2, 0) is 6.42 Å². The molecule has 0 spiro atoms. The average molecular weight is 415 g/mol. The van der Waals surface area contributed by atoms with Gasteiger partial charge in [-0.15, -0.1) is 0 Å². The van der Waals surface area contributed by atoms with Crippen LogP contribution in [0.1, 0.15) is 50.9 Å². The number of carbonyl (C=O) groups is 2. The Bertz CT molecular complexity index is 1030. The molecule has 0 saturated carbocycles. The van der Waals surface area contributed by atoms with E-state index in [0.29, 0.717) is 6.04 Å². The lowest BCUT2D eigenvalue weighted by molar-refractivity contribution is 0.0988. The van der Waals surface area contributed by atoms with Gasteiger partial charge < -0.3 is 10.3 Å². The first kappa shape index (κ1) is 19.5. The van der Waals surface area contributed by atoms with Gasteiger partial charge in [0, 0.05) is 24.4 Å². The van der Waals surface area contributed by atoms with E-state index in [9.17, 15) is 14.0 Å². The normalized spacial score (nSPS) is 14.8. The van der Waals surface area contributed by atoms with Gasteiger partial charge in [0.25, 0.3) is 0 Å². The molecular formula is C21H20ClFN4O2. The highest BCUT2D eigenvalue weighted by Gasteiger charge is 2.21. The molecule has 150 valence electrons. The zero-order chi connectivity index (χ0) is 20.4. The van der Waals surface area contributed by atoms with Crippen LogP contribution in [0.2, 0.25) is 5.02 Å². The van der Waals surface area contributed by atoms with Crippen LogP contribution in [0.25, 0.3) is 0 Å². The van der Waals surface area contributed by atoms with Crippen LogP contribution in [-0.4, -0.2) is 39.4 Å². The van der Waals surface area contributed by atoms with Crippen LogP contribution < -0.4 is 5.32 Å². The third-order valence-corrected chi connectivity index (χ3v) is 5.45. The standard InChI is InChI=1S/C21H20ClFN4O2/c22-16-2-1-3-17(23)20(16)21(29)14-9-18(25-11-14)19(28)8-13-10-26-27(12-13)15-4-6-24-7-5-15/h1-3,9-12,15,24-25H,4-8H2. The summed E-state index contributed by atoms with van der Waals surface area (Å²) in [5, 5.41) is 7.75. The van der Waals surface area contributed by atoms with Crippen molar-refractivity contribution in [3.8, 4) is 0 Å². The Hall–Kier alpha value is -2.77. The van der Waals surface area contributed by atoms with Crippen molar-refractivity contribution in [3.05, 3.63) is 76.1 Å². The van der Waals surface area contributed by atoms with Gasteiger partial charge in [-0.2, -0.15) is 5.10 Å². The monoisotopic (exact) mass is 414 g/mol. The third kappa shape index (κ3) is 4.16. The second-order valence-corrected chi connectivity index (χ2v) is 7.54. The van der Waals surface area contributed by atoms with Gasteiger partial charge in [-0.05, 0) is 49.7 Å². The number of piperidine rings is 1. The number of nitrogens with zero attached hydrogens (tertiary/aromatic N) is 2. The Labute approximate surface area is 172 Å². The van der Waals surface area contributed by atoms with E-state index in [2.05, 4.69) is 15.4 Å². The van der Waals surface area contributed by atoms with E-state index in [1.54, 1.807) is 6.20 Å². The number of aromatic amines is 1. The molecule has 0 unspecified atom stereocenters. The molecule has 6 nitrogen and oxygen atoms in total. The average Bonchev–Trinajstić information content (AvgIpc) is 3.38. The summed E-state index contributed by atoms with van der Waals surface area (Å²) in [4.78, 5) is 28.0. The molecule has 0 aliphatic carbocycles. The third-order valence-electron chi connectivity index (χ3n) is 5.14. The lowest BCUT2D eigenvalue weighted by Crippen LogP contribution is -2.29. The van der Waals surface area contributed by atoms with E-state index in [-0.39, 0.29) is 34.0 Å². The number of nitrogens with one attached hydrogen (secondary N) is 2. The molecular weight excluding hydrogens is 395 g/mol. The lowest BCUT2D eigenvalue weighted by Gasteiger charge is -2.22. The quantitative estimate of drug-likeness (QED) is 0.604. The van der Waals surface area contributed by atoms with Crippen LogP contribution in [0.5, 0.6) is 0 Å². The molecule has 29 heavy (non-hydrogen) atoms. The molecule has 1 aliphatic rings. The number of aromatic nitrogens is 3. The Balaban J connectivity index is 1.46. The number of ketones is 2. The summed E-state index contributed by atoms with van der Waals surface area (Å²) in [6, 6.07) is 5.85. The van der Waals surface area contributed by atoms with Crippen molar-refractivity contribution >= 4 is 23.2 Å². The Morgan fingerprint density at radius 1 is 1.28 bits per heavy atom.